The Morgan fingerprint density at radius 1 is 1.29 bits per heavy atom. The molecule has 1 aliphatic heterocycles. The molecule has 2 aromatic rings. The molecule has 0 saturated heterocycles. The molecule has 0 bridgehead atoms. The number of aryl methyl sites for hydroxylation is 1. The third-order valence-electron chi connectivity index (χ3n) is 5.15. The number of ether oxygens (including phenoxy) is 1. The van der Waals surface area contributed by atoms with Crippen LogP contribution in [0, 0.1) is 5.92 Å². The minimum Gasteiger partial charge on any atom is -0.506 e. The smallest absolute Gasteiger partial charge is 0.336 e. The Morgan fingerprint density at radius 2 is 1.96 bits per heavy atom. The standard InChI is InChI=1S/C22H26O6/c1-6-7-13-10-15(24)27-21-16(13)20-14(8-9-22(4,5)28-20)19(26)17(21)18(25)11(2)12(3)23/h8-12,23,26H,6-7H2,1-5H3/t11-,12-/m1/s1. The monoisotopic (exact) mass is 386 g/mol. The summed E-state index contributed by atoms with van der Waals surface area (Å²) >= 11 is 0. The zero-order valence-corrected chi connectivity index (χ0v) is 16.8. The molecule has 2 atom stereocenters. The Balaban J connectivity index is 2.47. The van der Waals surface area contributed by atoms with E-state index >= 15 is 0 Å². The number of carbonyl (C=O) groups excluding carboxylic acids is 1. The van der Waals surface area contributed by atoms with Crippen molar-refractivity contribution in [2.45, 2.75) is 59.2 Å². The summed E-state index contributed by atoms with van der Waals surface area (Å²) < 4.78 is 11.5. The van der Waals surface area contributed by atoms with Crippen LogP contribution in [0.2, 0.25) is 0 Å². The number of Topliss-reactive ketones (excluding diaryl/α,β-unsaturated/α-hetero) is 1. The predicted octanol–water partition coefficient (Wildman–Crippen LogP) is 3.83. The number of benzene rings is 1. The fourth-order valence-corrected chi connectivity index (χ4v) is 3.43. The highest BCUT2D eigenvalue weighted by Crippen LogP contribution is 2.46. The van der Waals surface area contributed by atoms with Gasteiger partial charge in [0.15, 0.2) is 11.4 Å². The highest BCUT2D eigenvalue weighted by atomic mass is 16.5. The SMILES string of the molecule is CCCc1cc(=O)oc2c(C(=O)[C@H](C)[C@@H](C)O)c(O)c3c(c12)OC(C)(C)C=C3. The van der Waals surface area contributed by atoms with Gasteiger partial charge >= 0.3 is 5.63 Å². The van der Waals surface area contributed by atoms with Crippen molar-refractivity contribution in [3.8, 4) is 11.5 Å². The molecular formula is C22H26O6. The van der Waals surface area contributed by atoms with E-state index in [1.165, 1.54) is 13.0 Å². The largest absolute Gasteiger partial charge is 0.506 e. The van der Waals surface area contributed by atoms with Crippen LogP contribution in [0.1, 0.15) is 62.5 Å². The minimum atomic E-state index is -0.922. The average molecular weight is 386 g/mol. The van der Waals surface area contributed by atoms with E-state index in [1.807, 2.05) is 20.8 Å². The molecule has 3 rings (SSSR count). The van der Waals surface area contributed by atoms with E-state index in [2.05, 4.69) is 0 Å². The molecule has 0 unspecified atom stereocenters. The molecule has 2 heterocycles. The molecule has 0 fully saturated rings. The molecular weight excluding hydrogens is 360 g/mol. The van der Waals surface area contributed by atoms with Crippen LogP contribution in [-0.4, -0.2) is 27.7 Å². The number of aromatic hydroxyl groups is 1. The lowest BCUT2D eigenvalue weighted by molar-refractivity contribution is 0.0757. The number of rotatable bonds is 5. The van der Waals surface area contributed by atoms with Gasteiger partial charge in [0.05, 0.1) is 17.1 Å². The van der Waals surface area contributed by atoms with Gasteiger partial charge in [-0.2, -0.15) is 0 Å². The van der Waals surface area contributed by atoms with Gasteiger partial charge in [-0.25, -0.2) is 4.79 Å². The molecule has 1 aliphatic rings. The van der Waals surface area contributed by atoms with Gasteiger partial charge < -0.3 is 19.4 Å². The summed E-state index contributed by atoms with van der Waals surface area (Å²) in [5, 5.41) is 21.3. The number of hydrogen-bond acceptors (Lipinski definition) is 6. The summed E-state index contributed by atoms with van der Waals surface area (Å²) in [6.45, 7) is 8.82. The quantitative estimate of drug-likeness (QED) is 0.599. The maximum absolute atomic E-state index is 13.1. The molecule has 1 aromatic heterocycles. The second-order valence-electron chi connectivity index (χ2n) is 7.94. The normalized spacial score (nSPS) is 17.1. The van der Waals surface area contributed by atoms with Gasteiger partial charge in [0, 0.05) is 12.0 Å². The maximum Gasteiger partial charge on any atom is 0.336 e. The first-order valence-corrected chi connectivity index (χ1v) is 9.53. The molecule has 0 saturated carbocycles. The van der Waals surface area contributed by atoms with Crippen molar-refractivity contribution in [3.05, 3.63) is 39.3 Å². The van der Waals surface area contributed by atoms with E-state index in [0.717, 1.165) is 6.42 Å². The highest BCUT2D eigenvalue weighted by molar-refractivity contribution is 6.13. The average Bonchev–Trinajstić information content (AvgIpc) is 2.59. The lowest BCUT2D eigenvalue weighted by atomic mass is 9.88. The predicted molar refractivity (Wildman–Crippen MR) is 107 cm³/mol. The molecule has 2 N–H and O–H groups in total. The third kappa shape index (κ3) is 3.33. The van der Waals surface area contributed by atoms with Gasteiger partial charge in [-0.3, -0.25) is 4.79 Å². The summed E-state index contributed by atoms with van der Waals surface area (Å²) in [4.78, 5) is 25.3. The van der Waals surface area contributed by atoms with Gasteiger partial charge in [-0.15, -0.1) is 0 Å². The van der Waals surface area contributed by atoms with Crippen LogP contribution >= 0.6 is 0 Å². The summed E-state index contributed by atoms with van der Waals surface area (Å²) in [6, 6.07) is 1.41. The van der Waals surface area contributed by atoms with E-state index in [0.29, 0.717) is 28.7 Å². The Morgan fingerprint density at radius 3 is 2.57 bits per heavy atom. The van der Waals surface area contributed by atoms with Crippen molar-refractivity contribution in [3.63, 3.8) is 0 Å². The van der Waals surface area contributed by atoms with E-state index in [4.69, 9.17) is 9.15 Å². The first-order valence-electron chi connectivity index (χ1n) is 9.53. The topological polar surface area (TPSA) is 97.0 Å². The maximum atomic E-state index is 13.1. The van der Waals surface area contributed by atoms with Crippen LogP contribution in [0.25, 0.3) is 17.0 Å². The number of aliphatic hydroxyl groups is 1. The number of carbonyl (C=O) groups is 1. The first kappa shape index (κ1) is 20.1. The molecule has 0 aliphatic carbocycles. The van der Waals surface area contributed by atoms with Crippen LogP contribution in [0.5, 0.6) is 11.5 Å². The van der Waals surface area contributed by atoms with Crippen LogP contribution < -0.4 is 10.4 Å². The first-order chi connectivity index (χ1) is 13.1. The second kappa shape index (κ2) is 7.09. The fraction of sp³-hybridized carbons (Fsp3) is 0.455. The van der Waals surface area contributed by atoms with Gasteiger partial charge in [0.2, 0.25) is 0 Å². The van der Waals surface area contributed by atoms with E-state index in [9.17, 15) is 19.8 Å². The number of fused-ring (bicyclic) bond motifs is 3. The van der Waals surface area contributed by atoms with Gasteiger partial charge in [0.25, 0.3) is 0 Å². The minimum absolute atomic E-state index is 0.01000. The Bertz CT molecular complexity index is 1030. The van der Waals surface area contributed by atoms with Crippen LogP contribution in [-0.2, 0) is 6.42 Å². The van der Waals surface area contributed by atoms with Crippen molar-refractivity contribution in [2.75, 3.05) is 0 Å². The molecule has 0 amide bonds. The zero-order chi connectivity index (χ0) is 20.8. The van der Waals surface area contributed by atoms with Crippen molar-refractivity contribution in [2.24, 2.45) is 5.92 Å². The number of phenols is 1. The molecule has 150 valence electrons. The number of aliphatic hydroxyl groups excluding tert-OH is 1. The number of ketones is 1. The zero-order valence-electron chi connectivity index (χ0n) is 16.8. The summed E-state index contributed by atoms with van der Waals surface area (Å²) in [5.74, 6) is -1.18. The van der Waals surface area contributed by atoms with E-state index < -0.39 is 29.0 Å². The Labute approximate surface area is 163 Å². The fourth-order valence-electron chi connectivity index (χ4n) is 3.43. The van der Waals surface area contributed by atoms with Crippen LogP contribution in [0.3, 0.4) is 0 Å². The van der Waals surface area contributed by atoms with E-state index in [-0.39, 0.29) is 16.9 Å². The van der Waals surface area contributed by atoms with Crippen molar-refractivity contribution in [1.82, 2.24) is 0 Å². The summed E-state index contributed by atoms with van der Waals surface area (Å²) in [7, 11) is 0. The van der Waals surface area contributed by atoms with Gasteiger partial charge in [0.1, 0.15) is 22.7 Å². The van der Waals surface area contributed by atoms with Crippen molar-refractivity contribution >= 4 is 22.8 Å². The lowest BCUT2D eigenvalue weighted by Gasteiger charge is -2.30. The Hall–Kier alpha value is -2.60. The van der Waals surface area contributed by atoms with Crippen molar-refractivity contribution < 1.29 is 24.2 Å². The molecule has 0 radical (unpaired) electrons. The summed E-state index contributed by atoms with van der Waals surface area (Å²) in [5.41, 5.74) is -0.223. The Kier molecular flexibility index (Phi) is 5.10. The molecule has 0 spiro atoms. The number of phenolic OH excluding ortho intramolecular Hbond substituents is 1. The van der Waals surface area contributed by atoms with Crippen molar-refractivity contribution in [1.29, 1.82) is 0 Å². The molecule has 6 heteroatoms. The highest BCUT2D eigenvalue weighted by Gasteiger charge is 2.34. The van der Waals surface area contributed by atoms with Crippen LogP contribution in [0.15, 0.2) is 21.4 Å². The molecule has 1 aromatic carbocycles. The van der Waals surface area contributed by atoms with Crippen LogP contribution in [0.4, 0.5) is 0 Å². The summed E-state index contributed by atoms with van der Waals surface area (Å²) in [6.07, 6.45) is 3.96. The molecule has 28 heavy (non-hydrogen) atoms. The molecule has 6 nitrogen and oxygen atoms in total. The number of hydrogen-bond donors (Lipinski definition) is 2. The second-order valence-corrected chi connectivity index (χ2v) is 7.94. The third-order valence-corrected chi connectivity index (χ3v) is 5.15. The lowest BCUT2D eigenvalue weighted by Crippen LogP contribution is -2.29. The van der Waals surface area contributed by atoms with Gasteiger partial charge in [-0.1, -0.05) is 20.3 Å². The van der Waals surface area contributed by atoms with E-state index in [1.54, 1.807) is 19.1 Å². The van der Waals surface area contributed by atoms with Gasteiger partial charge in [-0.05, 0) is 44.9 Å².